The van der Waals surface area contributed by atoms with E-state index < -0.39 is 5.97 Å². The van der Waals surface area contributed by atoms with Crippen molar-refractivity contribution in [1.29, 1.82) is 5.26 Å². The molecule has 100 valence electrons. The van der Waals surface area contributed by atoms with E-state index in [1.54, 1.807) is 18.2 Å². The molecule has 0 spiro atoms. The fraction of sp³-hybridized carbons (Fsp3) is 0.0714. The molecule has 20 heavy (non-hydrogen) atoms. The Hall–Kier alpha value is -2.94. The number of carbonyl (C=O) groups excluding carboxylic acids is 1. The van der Waals surface area contributed by atoms with Crippen LogP contribution in [0.1, 0.15) is 5.56 Å². The molecule has 0 saturated heterocycles. The molecule has 0 aliphatic heterocycles. The Balaban J connectivity index is 2.43. The van der Waals surface area contributed by atoms with Gasteiger partial charge in [-0.2, -0.15) is 10.4 Å². The van der Waals surface area contributed by atoms with Gasteiger partial charge in [0.15, 0.2) is 0 Å². The lowest BCUT2D eigenvalue weighted by Crippen LogP contribution is -2.02. The number of esters is 1. The first-order valence-electron chi connectivity index (χ1n) is 5.65. The Bertz CT molecular complexity index is 696. The number of aromatic amines is 1. The van der Waals surface area contributed by atoms with E-state index in [9.17, 15) is 9.18 Å². The van der Waals surface area contributed by atoms with Crippen molar-refractivity contribution >= 4 is 12.0 Å². The molecule has 1 aromatic carbocycles. The van der Waals surface area contributed by atoms with Gasteiger partial charge in [0.25, 0.3) is 0 Å². The number of ether oxygens (including phenoxy) is 1. The van der Waals surface area contributed by atoms with Crippen molar-refractivity contribution < 1.29 is 13.9 Å². The third kappa shape index (κ3) is 2.72. The van der Waals surface area contributed by atoms with Crippen molar-refractivity contribution in [2.24, 2.45) is 0 Å². The molecule has 6 heteroatoms. The van der Waals surface area contributed by atoms with Crippen molar-refractivity contribution in [3.05, 3.63) is 47.4 Å². The van der Waals surface area contributed by atoms with E-state index in [0.29, 0.717) is 16.8 Å². The molecule has 0 amide bonds. The van der Waals surface area contributed by atoms with Crippen LogP contribution in [0.5, 0.6) is 0 Å². The smallest absolute Gasteiger partial charge is 0.348 e. The molecule has 1 aromatic heterocycles. The van der Waals surface area contributed by atoms with Crippen molar-refractivity contribution in [2.45, 2.75) is 0 Å². The topological polar surface area (TPSA) is 78.8 Å². The Morgan fingerprint density at radius 3 is 2.75 bits per heavy atom. The highest BCUT2D eigenvalue weighted by molar-refractivity contribution is 5.98. The summed E-state index contributed by atoms with van der Waals surface area (Å²) in [5.41, 5.74) is 1.68. The van der Waals surface area contributed by atoms with Gasteiger partial charge in [0.2, 0.25) is 0 Å². The van der Waals surface area contributed by atoms with Crippen LogP contribution in [-0.4, -0.2) is 23.3 Å². The summed E-state index contributed by atoms with van der Waals surface area (Å²) >= 11 is 0. The van der Waals surface area contributed by atoms with Crippen LogP contribution in [0.25, 0.3) is 17.3 Å². The summed E-state index contributed by atoms with van der Waals surface area (Å²) in [5.74, 6) is -1.07. The summed E-state index contributed by atoms with van der Waals surface area (Å²) in [6.07, 6.45) is 2.84. The zero-order valence-corrected chi connectivity index (χ0v) is 10.6. The molecule has 0 bridgehead atoms. The van der Waals surface area contributed by atoms with E-state index >= 15 is 0 Å². The molecule has 2 aromatic rings. The molecule has 1 heterocycles. The van der Waals surface area contributed by atoms with Gasteiger partial charge < -0.3 is 4.74 Å². The van der Waals surface area contributed by atoms with E-state index in [-0.39, 0.29) is 11.4 Å². The van der Waals surface area contributed by atoms with Crippen LogP contribution in [0.3, 0.4) is 0 Å². The molecule has 1 N–H and O–H groups in total. The average Bonchev–Trinajstić information content (AvgIpc) is 2.93. The van der Waals surface area contributed by atoms with Crippen LogP contribution >= 0.6 is 0 Å². The highest BCUT2D eigenvalue weighted by atomic mass is 19.1. The maximum atomic E-state index is 12.9. The van der Waals surface area contributed by atoms with Crippen LogP contribution in [-0.2, 0) is 9.53 Å². The normalized spacial score (nSPS) is 10.9. The second kappa shape index (κ2) is 5.80. The third-order valence-corrected chi connectivity index (χ3v) is 2.63. The largest absolute Gasteiger partial charge is 0.465 e. The van der Waals surface area contributed by atoms with Gasteiger partial charge in [-0.1, -0.05) is 0 Å². The van der Waals surface area contributed by atoms with Crippen LogP contribution in [0.15, 0.2) is 36.0 Å². The molecular weight excluding hydrogens is 261 g/mol. The maximum Gasteiger partial charge on any atom is 0.348 e. The molecule has 0 unspecified atom stereocenters. The minimum absolute atomic E-state index is 0.141. The number of nitrogens with zero attached hydrogens (tertiary/aromatic N) is 2. The van der Waals surface area contributed by atoms with Crippen LogP contribution < -0.4 is 0 Å². The van der Waals surface area contributed by atoms with E-state index in [1.165, 1.54) is 31.5 Å². The van der Waals surface area contributed by atoms with Crippen molar-refractivity contribution in [1.82, 2.24) is 10.2 Å². The summed E-state index contributed by atoms with van der Waals surface area (Å²) in [5, 5.41) is 15.5. The SMILES string of the molecule is COC(=O)/C(C#N)=C/c1cn[nH]c1-c1ccc(F)cc1. The molecule has 0 atom stereocenters. The van der Waals surface area contributed by atoms with Gasteiger partial charge in [0, 0.05) is 11.1 Å². The van der Waals surface area contributed by atoms with E-state index in [0.717, 1.165) is 0 Å². The molecule has 0 radical (unpaired) electrons. The van der Waals surface area contributed by atoms with Crippen molar-refractivity contribution in [3.8, 4) is 17.3 Å². The lowest BCUT2D eigenvalue weighted by Gasteiger charge is -2.00. The summed E-state index contributed by atoms with van der Waals surface area (Å²) in [6, 6.07) is 7.54. The number of hydrogen-bond donors (Lipinski definition) is 1. The van der Waals surface area contributed by atoms with Gasteiger partial charge >= 0.3 is 5.97 Å². The van der Waals surface area contributed by atoms with Gasteiger partial charge in [-0.05, 0) is 30.3 Å². The van der Waals surface area contributed by atoms with Gasteiger partial charge in [-0.15, -0.1) is 0 Å². The van der Waals surface area contributed by atoms with Gasteiger partial charge in [0.1, 0.15) is 17.5 Å². The lowest BCUT2D eigenvalue weighted by molar-refractivity contribution is -0.135. The molecule has 0 aliphatic carbocycles. The van der Waals surface area contributed by atoms with Gasteiger partial charge in [-0.25, -0.2) is 9.18 Å². The fourth-order valence-electron chi connectivity index (χ4n) is 1.65. The second-order valence-electron chi connectivity index (χ2n) is 3.87. The zero-order chi connectivity index (χ0) is 14.5. The summed E-state index contributed by atoms with van der Waals surface area (Å²) < 4.78 is 17.4. The Labute approximate surface area is 114 Å². The predicted molar refractivity (Wildman–Crippen MR) is 69.6 cm³/mol. The number of rotatable bonds is 3. The molecule has 5 nitrogen and oxygen atoms in total. The van der Waals surface area contributed by atoms with Crippen LogP contribution in [0.4, 0.5) is 4.39 Å². The Morgan fingerprint density at radius 2 is 2.15 bits per heavy atom. The number of carbonyl (C=O) groups is 1. The number of methoxy groups -OCH3 is 1. The molecule has 0 fully saturated rings. The number of nitrogens with one attached hydrogen (secondary N) is 1. The first kappa shape index (κ1) is 13.5. The number of H-pyrrole nitrogens is 1. The zero-order valence-electron chi connectivity index (χ0n) is 10.6. The summed E-state index contributed by atoms with van der Waals surface area (Å²) in [6.45, 7) is 0. The monoisotopic (exact) mass is 271 g/mol. The highest BCUT2D eigenvalue weighted by Crippen LogP contribution is 2.23. The fourth-order valence-corrected chi connectivity index (χ4v) is 1.65. The third-order valence-electron chi connectivity index (χ3n) is 2.63. The number of halogens is 1. The summed E-state index contributed by atoms with van der Waals surface area (Å²) in [7, 11) is 1.20. The van der Waals surface area contributed by atoms with Crippen molar-refractivity contribution in [3.63, 3.8) is 0 Å². The summed E-state index contributed by atoms with van der Waals surface area (Å²) in [4.78, 5) is 11.4. The number of hydrogen-bond acceptors (Lipinski definition) is 4. The van der Waals surface area contributed by atoms with Gasteiger partial charge in [-0.3, -0.25) is 5.10 Å². The standard InChI is InChI=1S/C14H10FN3O2/c1-20-14(19)10(7-16)6-11-8-17-18-13(11)9-2-4-12(15)5-3-9/h2-6,8H,1H3,(H,17,18)/b10-6+. The average molecular weight is 271 g/mol. The first-order chi connectivity index (χ1) is 9.65. The number of aromatic nitrogens is 2. The van der Waals surface area contributed by atoms with E-state index in [4.69, 9.17) is 5.26 Å². The second-order valence-corrected chi connectivity index (χ2v) is 3.87. The van der Waals surface area contributed by atoms with Crippen LogP contribution in [0.2, 0.25) is 0 Å². The first-order valence-corrected chi connectivity index (χ1v) is 5.65. The lowest BCUT2D eigenvalue weighted by atomic mass is 10.1. The molecular formula is C14H10FN3O2. The molecule has 0 aliphatic rings. The van der Waals surface area contributed by atoms with Crippen LogP contribution in [0, 0.1) is 17.1 Å². The maximum absolute atomic E-state index is 12.9. The molecule has 0 saturated carbocycles. The van der Waals surface area contributed by atoms with Gasteiger partial charge in [0.05, 0.1) is 19.0 Å². The Morgan fingerprint density at radius 1 is 1.45 bits per heavy atom. The minimum atomic E-state index is -0.723. The molecule has 2 rings (SSSR count). The minimum Gasteiger partial charge on any atom is -0.465 e. The van der Waals surface area contributed by atoms with E-state index in [2.05, 4.69) is 14.9 Å². The number of nitriles is 1. The van der Waals surface area contributed by atoms with E-state index in [1.807, 2.05) is 0 Å². The number of benzene rings is 1. The predicted octanol–water partition coefficient (Wildman–Crippen LogP) is 2.30. The highest BCUT2D eigenvalue weighted by Gasteiger charge is 2.12. The van der Waals surface area contributed by atoms with Crippen molar-refractivity contribution in [2.75, 3.05) is 7.11 Å². The Kier molecular flexibility index (Phi) is 3.91. The quantitative estimate of drug-likeness (QED) is 0.527.